The van der Waals surface area contributed by atoms with Crippen molar-refractivity contribution >= 4 is 28.7 Å². The zero-order chi connectivity index (χ0) is 16.3. The molecule has 2 rings (SSSR count). The van der Waals surface area contributed by atoms with E-state index in [9.17, 15) is 14.4 Å². The first kappa shape index (κ1) is 15.4. The maximum absolute atomic E-state index is 11.2. The third-order valence-corrected chi connectivity index (χ3v) is 2.55. The van der Waals surface area contributed by atoms with Gasteiger partial charge in [0.15, 0.2) is 0 Å². The summed E-state index contributed by atoms with van der Waals surface area (Å²) in [5.74, 6) is -0.974. The molecule has 0 aliphatic carbocycles. The van der Waals surface area contributed by atoms with E-state index in [1.807, 2.05) is 0 Å². The molecule has 1 aromatic heterocycles. The third-order valence-electron chi connectivity index (χ3n) is 2.55. The summed E-state index contributed by atoms with van der Waals surface area (Å²) in [5.41, 5.74) is 0. The fraction of sp³-hybridized carbons (Fsp3) is 0.200. The summed E-state index contributed by atoms with van der Waals surface area (Å²) in [6, 6.07) is 4.41. The lowest BCUT2D eigenvalue weighted by Gasteiger charge is -2.11. The van der Waals surface area contributed by atoms with Crippen molar-refractivity contribution < 1.29 is 28.6 Å². The molecule has 0 aliphatic heterocycles. The van der Waals surface area contributed by atoms with Crippen molar-refractivity contribution in [1.82, 2.24) is 4.98 Å². The Kier molecular flexibility index (Phi) is 4.36. The number of nitrogens with zero attached hydrogens (tertiary/aromatic N) is 1. The second-order valence-electron chi connectivity index (χ2n) is 4.41. The van der Waals surface area contributed by atoms with Gasteiger partial charge in [-0.05, 0) is 12.1 Å². The number of benzene rings is 1. The van der Waals surface area contributed by atoms with Crippen LogP contribution in [-0.4, -0.2) is 22.9 Å². The largest absolute Gasteiger partial charge is 0.426 e. The second-order valence-corrected chi connectivity index (χ2v) is 4.41. The van der Waals surface area contributed by atoms with Gasteiger partial charge in [-0.15, -0.1) is 0 Å². The van der Waals surface area contributed by atoms with E-state index in [0.29, 0.717) is 10.8 Å². The molecule has 0 radical (unpaired) electrons. The Bertz CT molecular complexity index is 768. The molecular formula is C15H13NO6. The Morgan fingerprint density at radius 3 is 1.82 bits per heavy atom. The standard InChI is InChI=1S/C15H13NO6/c1-8(17)20-13-4-5-14(21-9(2)18)12-7-16-15(6-11(12)13)22-10(3)19/h4-7H,1-3H3. The lowest BCUT2D eigenvalue weighted by molar-refractivity contribution is -0.133. The smallest absolute Gasteiger partial charge is 0.309 e. The predicted octanol–water partition coefficient (Wildman–Crippen LogP) is 2.01. The van der Waals surface area contributed by atoms with Gasteiger partial charge in [0.25, 0.3) is 0 Å². The molecule has 22 heavy (non-hydrogen) atoms. The highest BCUT2D eigenvalue weighted by atomic mass is 16.5. The maximum atomic E-state index is 11.2. The van der Waals surface area contributed by atoms with Crippen LogP contribution in [0.15, 0.2) is 24.4 Å². The Morgan fingerprint density at radius 2 is 1.32 bits per heavy atom. The summed E-state index contributed by atoms with van der Waals surface area (Å²) in [5, 5.41) is 0.880. The van der Waals surface area contributed by atoms with E-state index < -0.39 is 17.9 Å². The summed E-state index contributed by atoms with van der Waals surface area (Å²) >= 11 is 0. The highest BCUT2D eigenvalue weighted by Crippen LogP contribution is 2.34. The van der Waals surface area contributed by atoms with Crippen LogP contribution in [0.25, 0.3) is 10.8 Å². The molecule has 0 unspecified atom stereocenters. The van der Waals surface area contributed by atoms with Crippen molar-refractivity contribution in [1.29, 1.82) is 0 Å². The SMILES string of the molecule is CC(=O)Oc1cc2c(OC(C)=O)ccc(OC(C)=O)c2cn1. The normalized spacial score (nSPS) is 10.1. The molecular weight excluding hydrogens is 290 g/mol. The zero-order valence-corrected chi connectivity index (χ0v) is 12.2. The van der Waals surface area contributed by atoms with Crippen LogP contribution in [0.2, 0.25) is 0 Å². The number of pyridine rings is 1. The van der Waals surface area contributed by atoms with Crippen LogP contribution in [0.5, 0.6) is 17.4 Å². The summed E-state index contributed by atoms with van der Waals surface area (Å²) in [6.45, 7) is 3.78. The minimum absolute atomic E-state index is 0.0494. The molecule has 0 bridgehead atoms. The van der Waals surface area contributed by atoms with E-state index in [1.165, 1.54) is 45.2 Å². The highest BCUT2D eigenvalue weighted by molar-refractivity contribution is 5.96. The lowest BCUT2D eigenvalue weighted by Crippen LogP contribution is -2.06. The van der Waals surface area contributed by atoms with Gasteiger partial charge in [-0.2, -0.15) is 0 Å². The molecule has 7 heteroatoms. The van der Waals surface area contributed by atoms with Crippen LogP contribution in [0.4, 0.5) is 0 Å². The predicted molar refractivity (Wildman–Crippen MR) is 75.7 cm³/mol. The average Bonchev–Trinajstić information content (AvgIpc) is 2.40. The van der Waals surface area contributed by atoms with Crippen LogP contribution in [0.1, 0.15) is 20.8 Å². The van der Waals surface area contributed by atoms with Gasteiger partial charge in [-0.1, -0.05) is 0 Å². The number of esters is 3. The van der Waals surface area contributed by atoms with Crippen molar-refractivity contribution in [3.63, 3.8) is 0 Å². The molecule has 2 aromatic rings. The first-order chi connectivity index (χ1) is 10.4. The summed E-state index contributed by atoms with van der Waals surface area (Å²) in [6.07, 6.45) is 1.37. The molecule has 0 amide bonds. The van der Waals surface area contributed by atoms with Gasteiger partial charge < -0.3 is 14.2 Å². The topological polar surface area (TPSA) is 91.8 Å². The molecule has 0 fully saturated rings. The lowest BCUT2D eigenvalue weighted by atomic mass is 10.1. The van der Waals surface area contributed by atoms with Gasteiger partial charge in [-0.3, -0.25) is 14.4 Å². The molecule has 0 aliphatic rings. The van der Waals surface area contributed by atoms with E-state index in [2.05, 4.69) is 4.98 Å². The quantitative estimate of drug-likeness (QED) is 0.632. The van der Waals surface area contributed by atoms with Crippen molar-refractivity contribution in [2.24, 2.45) is 0 Å². The average molecular weight is 303 g/mol. The molecule has 0 saturated carbocycles. The van der Waals surface area contributed by atoms with Crippen LogP contribution in [-0.2, 0) is 14.4 Å². The number of ether oxygens (including phenoxy) is 3. The minimum atomic E-state index is -0.531. The summed E-state index contributed by atoms with van der Waals surface area (Å²) in [4.78, 5) is 37.3. The summed E-state index contributed by atoms with van der Waals surface area (Å²) < 4.78 is 15.1. The first-order valence-corrected chi connectivity index (χ1v) is 6.35. The molecule has 0 spiro atoms. The van der Waals surface area contributed by atoms with Crippen molar-refractivity contribution in [2.75, 3.05) is 0 Å². The Balaban J connectivity index is 2.61. The molecule has 0 N–H and O–H groups in total. The maximum Gasteiger partial charge on any atom is 0.309 e. The number of carbonyl (C=O) groups is 3. The zero-order valence-electron chi connectivity index (χ0n) is 12.2. The van der Waals surface area contributed by atoms with Crippen molar-refractivity contribution in [2.45, 2.75) is 20.8 Å². The van der Waals surface area contributed by atoms with Gasteiger partial charge in [0, 0.05) is 43.8 Å². The molecule has 1 aromatic carbocycles. The summed E-state index contributed by atoms with van der Waals surface area (Å²) in [7, 11) is 0. The molecule has 114 valence electrons. The number of hydrogen-bond acceptors (Lipinski definition) is 7. The van der Waals surface area contributed by atoms with E-state index in [4.69, 9.17) is 14.2 Å². The first-order valence-electron chi connectivity index (χ1n) is 6.35. The van der Waals surface area contributed by atoms with Crippen LogP contribution in [0.3, 0.4) is 0 Å². The highest BCUT2D eigenvalue weighted by Gasteiger charge is 2.13. The fourth-order valence-electron chi connectivity index (χ4n) is 1.86. The van der Waals surface area contributed by atoms with Crippen LogP contribution >= 0.6 is 0 Å². The Morgan fingerprint density at radius 1 is 0.818 bits per heavy atom. The van der Waals surface area contributed by atoms with Gasteiger partial charge >= 0.3 is 17.9 Å². The van der Waals surface area contributed by atoms with E-state index in [0.717, 1.165) is 0 Å². The fourth-order valence-corrected chi connectivity index (χ4v) is 1.86. The Labute approximate surface area is 125 Å². The van der Waals surface area contributed by atoms with Gasteiger partial charge in [-0.25, -0.2) is 4.98 Å². The number of hydrogen-bond donors (Lipinski definition) is 0. The number of fused-ring (bicyclic) bond motifs is 1. The van der Waals surface area contributed by atoms with E-state index >= 15 is 0 Å². The molecule has 7 nitrogen and oxygen atoms in total. The van der Waals surface area contributed by atoms with E-state index in [1.54, 1.807) is 0 Å². The number of rotatable bonds is 3. The monoisotopic (exact) mass is 303 g/mol. The van der Waals surface area contributed by atoms with E-state index in [-0.39, 0.29) is 17.4 Å². The van der Waals surface area contributed by atoms with Gasteiger partial charge in [0.1, 0.15) is 11.5 Å². The second kappa shape index (κ2) is 6.21. The third kappa shape index (κ3) is 3.57. The number of carbonyl (C=O) groups excluding carboxylic acids is 3. The van der Waals surface area contributed by atoms with Crippen LogP contribution in [0, 0.1) is 0 Å². The minimum Gasteiger partial charge on any atom is -0.426 e. The van der Waals surface area contributed by atoms with Crippen molar-refractivity contribution in [3.8, 4) is 17.4 Å². The number of aromatic nitrogens is 1. The Hall–Kier alpha value is -2.96. The molecule has 1 heterocycles. The van der Waals surface area contributed by atoms with Crippen LogP contribution < -0.4 is 14.2 Å². The molecule has 0 atom stereocenters. The van der Waals surface area contributed by atoms with Crippen molar-refractivity contribution in [3.05, 3.63) is 24.4 Å². The van der Waals surface area contributed by atoms with Gasteiger partial charge in [0.05, 0.1) is 0 Å². The van der Waals surface area contributed by atoms with Gasteiger partial charge in [0.2, 0.25) is 5.88 Å². The molecule has 0 saturated heterocycles.